The van der Waals surface area contributed by atoms with Gasteiger partial charge in [0, 0.05) is 80.3 Å². The van der Waals surface area contributed by atoms with Crippen molar-refractivity contribution in [3.05, 3.63) is 48.3 Å². The number of aromatic nitrogens is 3. The number of benzene rings is 1. The summed E-state index contributed by atoms with van der Waals surface area (Å²) in [4.78, 5) is 22.4. The van der Waals surface area contributed by atoms with Crippen LogP contribution in [0.15, 0.2) is 42.7 Å². The SMILES string of the molecule is C[C@H]1CN(c2nnc(-c3ccc(C(F)(F)F)cc3)c3ccncc23)CCN1C(=O)N1CCC(F)(F)CC1. The fraction of sp³-hybridized carbons (Fsp3) is 0.440. The highest BCUT2D eigenvalue weighted by molar-refractivity contribution is 5.99. The fourth-order valence-corrected chi connectivity index (χ4v) is 4.89. The smallest absolute Gasteiger partial charge is 0.351 e. The lowest BCUT2D eigenvalue weighted by Crippen LogP contribution is -2.58. The number of anilines is 1. The molecule has 37 heavy (non-hydrogen) atoms. The zero-order valence-corrected chi connectivity index (χ0v) is 20.0. The molecule has 4 heterocycles. The normalized spacial score (nSPS) is 20.4. The Morgan fingerprint density at radius 2 is 1.68 bits per heavy atom. The molecule has 0 N–H and O–H groups in total. The molecule has 2 saturated heterocycles. The number of halogens is 5. The highest BCUT2D eigenvalue weighted by Crippen LogP contribution is 2.35. The van der Waals surface area contributed by atoms with Crippen LogP contribution in [0.4, 0.5) is 32.6 Å². The number of carbonyl (C=O) groups excluding carboxylic acids is 1. The Kier molecular flexibility index (Phi) is 6.36. The quantitative estimate of drug-likeness (QED) is 0.442. The average molecular weight is 521 g/mol. The first-order chi connectivity index (χ1) is 17.5. The van der Waals surface area contributed by atoms with Crippen molar-refractivity contribution in [2.75, 3.05) is 37.6 Å². The van der Waals surface area contributed by atoms with E-state index in [2.05, 4.69) is 15.2 Å². The Bertz CT molecular complexity index is 1290. The van der Waals surface area contributed by atoms with Crippen molar-refractivity contribution in [3.63, 3.8) is 0 Å². The molecular weight excluding hydrogens is 495 g/mol. The van der Waals surface area contributed by atoms with Crippen LogP contribution in [0.3, 0.4) is 0 Å². The van der Waals surface area contributed by atoms with Gasteiger partial charge in [0.05, 0.1) is 5.56 Å². The number of nitrogens with zero attached hydrogens (tertiary/aromatic N) is 6. The summed E-state index contributed by atoms with van der Waals surface area (Å²) in [6.07, 6.45) is -1.86. The average Bonchev–Trinajstić information content (AvgIpc) is 2.87. The van der Waals surface area contributed by atoms with Crippen molar-refractivity contribution >= 4 is 22.6 Å². The van der Waals surface area contributed by atoms with Crippen LogP contribution in [-0.4, -0.2) is 75.7 Å². The maximum absolute atomic E-state index is 13.5. The third-order valence-electron chi connectivity index (χ3n) is 6.99. The molecule has 1 aromatic carbocycles. The summed E-state index contributed by atoms with van der Waals surface area (Å²) in [6, 6.07) is 6.07. The monoisotopic (exact) mass is 520 g/mol. The second kappa shape index (κ2) is 9.38. The largest absolute Gasteiger partial charge is 0.416 e. The van der Waals surface area contributed by atoms with E-state index < -0.39 is 17.7 Å². The fourth-order valence-electron chi connectivity index (χ4n) is 4.89. The first kappa shape index (κ1) is 25.1. The minimum Gasteiger partial charge on any atom is -0.351 e. The Labute approximate surface area is 209 Å². The van der Waals surface area contributed by atoms with E-state index in [4.69, 9.17) is 0 Å². The van der Waals surface area contributed by atoms with Gasteiger partial charge in [-0.1, -0.05) is 12.1 Å². The molecule has 0 unspecified atom stereocenters. The van der Waals surface area contributed by atoms with E-state index in [0.717, 1.165) is 12.1 Å². The maximum atomic E-state index is 13.5. The van der Waals surface area contributed by atoms with Crippen LogP contribution in [0.2, 0.25) is 0 Å². The van der Waals surface area contributed by atoms with E-state index >= 15 is 0 Å². The van der Waals surface area contributed by atoms with Gasteiger partial charge in [-0.25, -0.2) is 13.6 Å². The zero-order valence-electron chi connectivity index (χ0n) is 20.0. The molecule has 5 rings (SSSR count). The molecule has 0 spiro atoms. The van der Waals surface area contributed by atoms with Gasteiger partial charge in [0.1, 0.15) is 5.69 Å². The van der Waals surface area contributed by atoms with Crippen molar-refractivity contribution in [1.29, 1.82) is 0 Å². The van der Waals surface area contributed by atoms with Gasteiger partial charge in [0.2, 0.25) is 0 Å². The molecule has 1 atom stereocenters. The molecule has 2 fully saturated rings. The van der Waals surface area contributed by atoms with E-state index in [-0.39, 0.29) is 38.0 Å². The lowest BCUT2D eigenvalue weighted by molar-refractivity contribution is -0.137. The molecule has 2 aliphatic rings. The van der Waals surface area contributed by atoms with Gasteiger partial charge < -0.3 is 14.7 Å². The third kappa shape index (κ3) is 5.01. The topological polar surface area (TPSA) is 65.5 Å². The van der Waals surface area contributed by atoms with Crippen molar-refractivity contribution in [3.8, 4) is 11.3 Å². The second-order valence-corrected chi connectivity index (χ2v) is 9.48. The van der Waals surface area contributed by atoms with Crippen LogP contribution in [0, 0.1) is 0 Å². The second-order valence-electron chi connectivity index (χ2n) is 9.48. The number of amides is 2. The minimum absolute atomic E-state index is 0.0337. The Balaban J connectivity index is 1.36. The Morgan fingerprint density at radius 1 is 0.973 bits per heavy atom. The molecule has 2 aromatic heterocycles. The predicted octanol–water partition coefficient (Wildman–Crippen LogP) is 5.07. The van der Waals surface area contributed by atoms with Crippen molar-refractivity contribution in [1.82, 2.24) is 25.0 Å². The van der Waals surface area contributed by atoms with Crippen LogP contribution in [-0.2, 0) is 6.18 Å². The molecule has 0 saturated carbocycles. The van der Waals surface area contributed by atoms with Gasteiger partial charge in [-0.2, -0.15) is 13.2 Å². The summed E-state index contributed by atoms with van der Waals surface area (Å²) >= 11 is 0. The van der Waals surface area contributed by atoms with Gasteiger partial charge in [-0.3, -0.25) is 4.98 Å². The van der Waals surface area contributed by atoms with Crippen LogP contribution >= 0.6 is 0 Å². The number of piperazine rings is 1. The van der Waals surface area contributed by atoms with E-state index in [9.17, 15) is 26.7 Å². The molecule has 12 heteroatoms. The number of likely N-dealkylation sites (tertiary alicyclic amines) is 1. The van der Waals surface area contributed by atoms with Crippen LogP contribution in [0.1, 0.15) is 25.3 Å². The number of carbonyl (C=O) groups is 1. The number of hydrogen-bond donors (Lipinski definition) is 0. The van der Waals surface area contributed by atoms with Crippen LogP contribution < -0.4 is 4.90 Å². The van der Waals surface area contributed by atoms with Crippen molar-refractivity contribution < 1.29 is 26.7 Å². The number of hydrogen-bond acceptors (Lipinski definition) is 5. The lowest BCUT2D eigenvalue weighted by atomic mass is 10.0. The standard InChI is InChI=1S/C25H25F5N6O/c1-16-15-35(12-13-36(16)23(37)34-10-7-24(26,27)8-11-34)22-20-14-31-9-6-19(20)21(32-33-22)17-2-4-18(5-3-17)25(28,29)30/h2-6,9,14,16H,7-8,10-13,15H2,1H3/t16-/m0/s1. The Hall–Kier alpha value is -3.57. The van der Waals surface area contributed by atoms with Crippen molar-refractivity contribution in [2.24, 2.45) is 0 Å². The maximum Gasteiger partial charge on any atom is 0.416 e. The molecule has 0 aliphatic carbocycles. The third-order valence-corrected chi connectivity index (χ3v) is 6.99. The summed E-state index contributed by atoms with van der Waals surface area (Å²) in [5, 5.41) is 10.1. The van der Waals surface area contributed by atoms with Gasteiger partial charge >= 0.3 is 12.2 Å². The molecule has 0 radical (unpaired) electrons. The molecule has 196 valence electrons. The first-order valence-electron chi connectivity index (χ1n) is 12.0. The number of rotatable bonds is 2. The zero-order chi connectivity index (χ0) is 26.4. The first-order valence-corrected chi connectivity index (χ1v) is 12.0. The van der Waals surface area contributed by atoms with E-state index in [0.29, 0.717) is 47.5 Å². The van der Waals surface area contributed by atoms with E-state index in [1.807, 2.05) is 11.8 Å². The summed E-state index contributed by atoms with van der Waals surface area (Å²) in [7, 11) is 0. The van der Waals surface area contributed by atoms with Gasteiger partial charge in [0.15, 0.2) is 5.82 Å². The highest BCUT2D eigenvalue weighted by atomic mass is 19.4. The highest BCUT2D eigenvalue weighted by Gasteiger charge is 2.39. The lowest BCUT2D eigenvalue weighted by Gasteiger charge is -2.43. The van der Waals surface area contributed by atoms with E-state index in [1.165, 1.54) is 17.0 Å². The van der Waals surface area contributed by atoms with E-state index in [1.54, 1.807) is 23.4 Å². The summed E-state index contributed by atoms with van der Waals surface area (Å²) in [5.41, 5.74) is 0.198. The molecule has 3 aromatic rings. The van der Waals surface area contributed by atoms with Gasteiger partial charge in [-0.05, 0) is 25.1 Å². The minimum atomic E-state index is -4.43. The van der Waals surface area contributed by atoms with Gasteiger partial charge in [0.25, 0.3) is 5.92 Å². The summed E-state index contributed by atoms with van der Waals surface area (Å²) in [5.74, 6) is -2.16. The molecule has 2 aliphatic heterocycles. The number of fused-ring (bicyclic) bond motifs is 1. The molecular formula is C25H25F5N6O. The predicted molar refractivity (Wildman–Crippen MR) is 127 cm³/mol. The van der Waals surface area contributed by atoms with Gasteiger partial charge in [-0.15, -0.1) is 10.2 Å². The van der Waals surface area contributed by atoms with Crippen LogP contribution in [0.5, 0.6) is 0 Å². The molecule has 2 amide bonds. The van der Waals surface area contributed by atoms with Crippen molar-refractivity contribution in [2.45, 2.75) is 37.9 Å². The van der Waals surface area contributed by atoms with Crippen LogP contribution in [0.25, 0.3) is 22.0 Å². The molecule has 0 bridgehead atoms. The molecule has 7 nitrogen and oxygen atoms in total. The summed E-state index contributed by atoms with van der Waals surface area (Å²) in [6.45, 7) is 3.26. The Morgan fingerprint density at radius 3 is 2.32 bits per heavy atom. The number of urea groups is 1. The number of piperidine rings is 1. The summed E-state index contributed by atoms with van der Waals surface area (Å²) < 4.78 is 66.0. The number of alkyl halides is 5. The number of pyridine rings is 1.